The van der Waals surface area contributed by atoms with Gasteiger partial charge in [0, 0.05) is 26.8 Å². The summed E-state index contributed by atoms with van der Waals surface area (Å²) >= 11 is 0. The second-order valence-corrected chi connectivity index (χ2v) is 7.75. The van der Waals surface area contributed by atoms with Crippen LogP contribution in [0.4, 0.5) is 10.3 Å². The standard InChI is InChI=1S/C24H29FN4O3/c1-30-14-5-12-29-23(18-31-17-19-6-3-2-4-7-19)26-27-24(29)28-13-15-32-22(16-28)20-8-10-21(25)11-9-20/h2-4,6-11,22H,5,12-18H2,1H3. The Hall–Kier alpha value is -2.81. The molecule has 0 amide bonds. The molecule has 1 saturated heterocycles. The Labute approximate surface area is 187 Å². The number of aromatic nitrogens is 3. The van der Waals surface area contributed by atoms with Gasteiger partial charge in [-0.1, -0.05) is 42.5 Å². The van der Waals surface area contributed by atoms with Crippen molar-refractivity contribution in [3.63, 3.8) is 0 Å². The lowest BCUT2D eigenvalue weighted by Gasteiger charge is -2.34. The van der Waals surface area contributed by atoms with Crippen molar-refractivity contribution in [2.24, 2.45) is 0 Å². The fourth-order valence-corrected chi connectivity index (χ4v) is 3.81. The highest BCUT2D eigenvalue weighted by atomic mass is 19.1. The third-order valence-electron chi connectivity index (χ3n) is 5.47. The first-order chi connectivity index (χ1) is 15.7. The van der Waals surface area contributed by atoms with Crippen molar-refractivity contribution >= 4 is 5.95 Å². The minimum atomic E-state index is -0.251. The van der Waals surface area contributed by atoms with Crippen molar-refractivity contribution in [1.82, 2.24) is 14.8 Å². The minimum absolute atomic E-state index is 0.147. The van der Waals surface area contributed by atoms with Crippen LogP contribution in [0.5, 0.6) is 0 Å². The number of hydrogen-bond donors (Lipinski definition) is 0. The van der Waals surface area contributed by atoms with Gasteiger partial charge in [-0.3, -0.25) is 4.57 Å². The molecule has 3 aromatic rings. The second kappa shape index (κ2) is 11.2. The summed E-state index contributed by atoms with van der Waals surface area (Å²) in [5.74, 6) is 1.34. The van der Waals surface area contributed by atoms with Gasteiger partial charge < -0.3 is 19.1 Å². The molecule has 2 aromatic carbocycles. The largest absolute Gasteiger partial charge is 0.385 e. The molecule has 7 nitrogen and oxygen atoms in total. The summed E-state index contributed by atoms with van der Waals surface area (Å²) in [6, 6.07) is 16.5. The van der Waals surface area contributed by atoms with Crippen LogP contribution in [0.3, 0.4) is 0 Å². The van der Waals surface area contributed by atoms with Crippen LogP contribution in [0.15, 0.2) is 54.6 Å². The summed E-state index contributed by atoms with van der Waals surface area (Å²) in [5, 5.41) is 8.91. The third-order valence-corrected chi connectivity index (χ3v) is 5.47. The van der Waals surface area contributed by atoms with Gasteiger partial charge >= 0.3 is 0 Å². The summed E-state index contributed by atoms with van der Waals surface area (Å²) in [7, 11) is 1.70. The van der Waals surface area contributed by atoms with E-state index < -0.39 is 0 Å². The quantitative estimate of drug-likeness (QED) is 0.448. The fraction of sp³-hybridized carbons (Fsp3) is 0.417. The lowest BCUT2D eigenvalue weighted by molar-refractivity contribution is 0.0388. The van der Waals surface area contributed by atoms with Crippen LogP contribution in [0.2, 0.25) is 0 Å². The Kier molecular flexibility index (Phi) is 7.82. The number of nitrogens with zero attached hydrogens (tertiary/aromatic N) is 4. The van der Waals surface area contributed by atoms with E-state index in [0.717, 1.165) is 35.9 Å². The van der Waals surface area contributed by atoms with Crippen LogP contribution in [0.1, 0.15) is 29.5 Å². The van der Waals surface area contributed by atoms with Crippen LogP contribution in [0, 0.1) is 5.82 Å². The van der Waals surface area contributed by atoms with Gasteiger partial charge in [0.1, 0.15) is 18.5 Å². The first-order valence-corrected chi connectivity index (χ1v) is 10.9. The van der Waals surface area contributed by atoms with Crippen LogP contribution in [-0.4, -0.2) is 48.2 Å². The Balaban J connectivity index is 1.47. The maximum atomic E-state index is 13.3. The SMILES string of the molecule is COCCCn1c(COCc2ccccc2)nnc1N1CCOC(c2ccc(F)cc2)C1. The van der Waals surface area contributed by atoms with Crippen molar-refractivity contribution in [2.75, 3.05) is 38.3 Å². The van der Waals surface area contributed by atoms with Crippen LogP contribution >= 0.6 is 0 Å². The van der Waals surface area contributed by atoms with E-state index in [1.165, 1.54) is 12.1 Å². The first-order valence-electron chi connectivity index (χ1n) is 10.9. The summed E-state index contributed by atoms with van der Waals surface area (Å²) in [6.45, 7) is 4.19. The molecule has 1 fully saturated rings. The Morgan fingerprint density at radius 2 is 1.88 bits per heavy atom. The molecular formula is C24H29FN4O3. The normalized spacial score (nSPS) is 16.4. The smallest absolute Gasteiger partial charge is 0.227 e. The number of hydrogen-bond acceptors (Lipinski definition) is 6. The highest BCUT2D eigenvalue weighted by Gasteiger charge is 2.26. The molecule has 0 spiro atoms. The van der Waals surface area contributed by atoms with E-state index in [1.54, 1.807) is 19.2 Å². The molecule has 4 rings (SSSR count). The number of morpholine rings is 1. The first kappa shape index (κ1) is 22.4. The van der Waals surface area contributed by atoms with E-state index in [0.29, 0.717) is 39.5 Å². The lowest BCUT2D eigenvalue weighted by Crippen LogP contribution is -2.40. The highest BCUT2D eigenvalue weighted by Crippen LogP contribution is 2.26. The van der Waals surface area contributed by atoms with E-state index in [-0.39, 0.29) is 11.9 Å². The zero-order valence-electron chi connectivity index (χ0n) is 18.3. The highest BCUT2D eigenvalue weighted by molar-refractivity contribution is 5.34. The Bertz CT molecular complexity index is 965. The third kappa shape index (κ3) is 5.70. The Morgan fingerprint density at radius 1 is 1.06 bits per heavy atom. The van der Waals surface area contributed by atoms with Crippen molar-refractivity contribution in [1.29, 1.82) is 0 Å². The van der Waals surface area contributed by atoms with E-state index in [1.807, 2.05) is 30.3 Å². The maximum absolute atomic E-state index is 13.3. The number of benzene rings is 2. The summed E-state index contributed by atoms with van der Waals surface area (Å²) < 4.78 is 32.5. The number of rotatable bonds is 10. The van der Waals surface area contributed by atoms with E-state index >= 15 is 0 Å². The molecule has 1 aromatic heterocycles. The number of ether oxygens (including phenoxy) is 3. The minimum Gasteiger partial charge on any atom is -0.385 e. The van der Waals surface area contributed by atoms with Gasteiger partial charge in [0.05, 0.1) is 19.8 Å². The molecule has 1 unspecified atom stereocenters. The van der Waals surface area contributed by atoms with Gasteiger partial charge in [0.15, 0.2) is 5.82 Å². The molecule has 32 heavy (non-hydrogen) atoms. The van der Waals surface area contributed by atoms with Gasteiger partial charge in [0.2, 0.25) is 5.95 Å². The summed E-state index contributed by atoms with van der Waals surface area (Å²) in [4.78, 5) is 2.18. The van der Waals surface area contributed by atoms with Crippen LogP contribution < -0.4 is 4.90 Å². The predicted octanol–water partition coefficient (Wildman–Crippen LogP) is 3.75. The number of halogens is 1. The Morgan fingerprint density at radius 3 is 2.66 bits per heavy atom. The molecule has 0 aliphatic carbocycles. The van der Waals surface area contributed by atoms with E-state index in [9.17, 15) is 4.39 Å². The molecule has 0 bridgehead atoms. The molecule has 1 atom stereocenters. The molecule has 8 heteroatoms. The van der Waals surface area contributed by atoms with Gasteiger partial charge in [-0.15, -0.1) is 10.2 Å². The van der Waals surface area contributed by atoms with Gasteiger partial charge in [-0.2, -0.15) is 0 Å². The van der Waals surface area contributed by atoms with Crippen molar-refractivity contribution in [2.45, 2.75) is 32.3 Å². The fourth-order valence-electron chi connectivity index (χ4n) is 3.81. The van der Waals surface area contributed by atoms with Gasteiger partial charge in [-0.05, 0) is 29.7 Å². The topological polar surface area (TPSA) is 61.6 Å². The van der Waals surface area contributed by atoms with Gasteiger partial charge in [-0.25, -0.2) is 4.39 Å². The summed E-state index contributed by atoms with van der Waals surface area (Å²) in [5.41, 5.74) is 2.07. The molecule has 1 aliphatic rings. The van der Waals surface area contributed by atoms with E-state index in [2.05, 4.69) is 19.7 Å². The van der Waals surface area contributed by atoms with E-state index in [4.69, 9.17) is 14.2 Å². The zero-order valence-corrected chi connectivity index (χ0v) is 18.3. The van der Waals surface area contributed by atoms with Crippen molar-refractivity contribution < 1.29 is 18.6 Å². The van der Waals surface area contributed by atoms with Crippen molar-refractivity contribution in [3.8, 4) is 0 Å². The van der Waals surface area contributed by atoms with Crippen LogP contribution in [-0.2, 0) is 34.0 Å². The van der Waals surface area contributed by atoms with Gasteiger partial charge in [0.25, 0.3) is 0 Å². The monoisotopic (exact) mass is 440 g/mol. The number of anilines is 1. The molecule has 0 radical (unpaired) electrons. The maximum Gasteiger partial charge on any atom is 0.227 e. The predicted molar refractivity (Wildman–Crippen MR) is 119 cm³/mol. The average Bonchev–Trinajstić information content (AvgIpc) is 3.23. The average molecular weight is 441 g/mol. The molecule has 1 aliphatic heterocycles. The molecular weight excluding hydrogens is 411 g/mol. The molecule has 2 heterocycles. The zero-order chi connectivity index (χ0) is 22.2. The summed E-state index contributed by atoms with van der Waals surface area (Å²) in [6.07, 6.45) is 0.699. The second-order valence-electron chi connectivity index (χ2n) is 7.75. The molecule has 0 N–H and O–H groups in total. The number of methoxy groups -OCH3 is 1. The lowest BCUT2D eigenvalue weighted by atomic mass is 10.1. The van der Waals surface area contributed by atoms with Crippen LogP contribution in [0.25, 0.3) is 0 Å². The molecule has 170 valence electrons. The van der Waals surface area contributed by atoms with Crippen molar-refractivity contribution in [3.05, 3.63) is 77.4 Å². The molecule has 0 saturated carbocycles.